The molecule has 2 rings (SSSR count). The summed E-state index contributed by atoms with van der Waals surface area (Å²) in [5.74, 6) is -0.775. The van der Waals surface area contributed by atoms with Gasteiger partial charge < -0.3 is 10.1 Å². The van der Waals surface area contributed by atoms with Crippen molar-refractivity contribution in [3.63, 3.8) is 0 Å². The molecule has 0 aliphatic rings. The topological polar surface area (TPSA) is 64.4 Å². The van der Waals surface area contributed by atoms with Crippen molar-refractivity contribution in [2.75, 3.05) is 12.4 Å². The van der Waals surface area contributed by atoms with Gasteiger partial charge in [0, 0.05) is 22.4 Å². The van der Waals surface area contributed by atoms with E-state index >= 15 is 0 Å². The van der Waals surface area contributed by atoms with Crippen LogP contribution in [0.15, 0.2) is 24.3 Å². The summed E-state index contributed by atoms with van der Waals surface area (Å²) in [6.45, 7) is 2.51. The Balaban J connectivity index is 2.23. The molecule has 2 aromatic rings. The summed E-state index contributed by atoms with van der Waals surface area (Å²) in [5.41, 5.74) is -0.0646. The van der Waals surface area contributed by atoms with Gasteiger partial charge in [-0.1, -0.05) is 6.92 Å². The van der Waals surface area contributed by atoms with Crippen LogP contribution in [0, 0.1) is 15.9 Å². The van der Waals surface area contributed by atoms with Crippen LogP contribution >= 0.6 is 11.3 Å². The van der Waals surface area contributed by atoms with Gasteiger partial charge in [-0.2, -0.15) is 0 Å². The van der Waals surface area contributed by atoms with Crippen LogP contribution in [0.1, 0.15) is 16.7 Å². The second-order valence-electron chi connectivity index (χ2n) is 4.34. The number of anilines is 1. The molecular formula is C14H15FN2O3S. The van der Waals surface area contributed by atoms with Gasteiger partial charge in [0.05, 0.1) is 18.1 Å². The van der Waals surface area contributed by atoms with E-state index in [1.807, 2.05) is 12.1 Å². The lowest BCUT2D eigenvalue weighted by Crippen LogP contribution is -2.03. The molecule has 1 aromatic carbocycles. The van der Waals surface area contributed by atoms with E-state index in [1.165, 1.54) is 18.1 Å². The molecule has 0 saturated heterocycles. The van der Waals surface area contributed by atoms with Crippen LogP contribution in [0.5, 0.6) is 5.75 Å². The van der Waals surface area contributed by atoms with E-state index in [2.05, 4.69) is 12.2 Å². The molecule has 0 bridgehead atoms. The first kappa shape index (κ1) is 15.2. The second kappa shape index (κ2) is 6.53. The van der Waals surface area contributed by atoms with Crippen LogP contribution in [-0.2, 0) is 13.0 Å². The third-order valence-electron chi connectivity index (χ3n) is 2.99. The maximum absolute atomic E-state index is 13.5. The number of aryl methyl sites for hydroxylation is 1. The molecule has 7 heteroatoms. The first-order valence-corrected chi connectivity index (χ1v) is 7.20. The number of halogens is 1. The molecule has 0 aliphatic carbocycles. The fourth-order valence-electron chi connectivity index (χ4n) is 1.88. The highest BCUT2D eigenvalue weighted by Crippen LogP contribution is 2.32. The average Bonchev–Trinajstić information content (AvgIpc) is 2.93. The molecule has 0 aliphatic heterocycles. The van der Waals surface area contributed by atoms with Crippen LogP contribution in [-0.4, -0.2) is 12.0 Å². The van der Waals surface area contributed by atoms with E-state index < -0.39 is 10.7 Å². The molecule has 0 amide bonds. The summed E-state index contributed by atoms with van der Waals surface area (Å²) in [6.07, 6.45) is 0.954. The number of nitro groups is 1. The summed E-state index contributed by atoms with van der Waals surface area (Å²) in [5, 5.41) is 14.0. The number of nitrogens with one attached hydrogen (secondary N) is 1. The number of benzene rings is 1. The molecule has 0 atom stereocenters. The number of hydrogen-bond donors (Lipinski definition) is 1. The summed E-state index contributed by atoms with van der Waals surface area (Å²) in [6, 6.07) is 6.18. The van der Waals surface area contributed by atoms with Gasteiger partial charge >= 0.3 is 0 Å². The zero-order chi connectivity index (χ0) is 15.4. The predicted molar refractivity (Wildman–Crippen MR) is 80.6 cm³/mol. The Kier molecular flexibility index (Phi) is 4.74. The Morgan fingerprint density at radius 2 is 2.10 bits per heavy atom. The number of thiophene rings is 1. The lowest BCUT2D eigenvalue weighted by molar-refractivity contribution is -0.384. The molecule has 5 nitrogen and oxygen atoms in total. The molecule has 1 heterocycles. The zero-order valence-electron chi connectivity index (χ0n) is 11.7. The SMILES string of the molecule is CCc1ccc(CNc2cc(OC)c(F)cc2[N+](=O)[O-])s1. The van der Waals surface area contributed by atoms with E-state index in [9.17, 15) is 14.5 Å². The van der Waals surface area contributed by atoms with Crippen molar-refractivity contribution in [3.8, 4) is 5.75 Å². The highest BCUT2D eigenvalue weighted by Gasteiger charge is 2.19. The summed E-state index contributed by atoms with van der Waals surface area (Å²) < 4.78 is 18.4. The monoisotopic (exact) mass is 310 g/mol. The van der Waals surface area contributed by atoms with E-state index in [4.69, 9.17) is 4.74 Å². The number of hydrogen-bond acceptors (Lipinski definition) is 5. The zero-order valence-corrected chi connectivity index (χ0v) is 12.5. The van der Waals surface area contributed by atoms with Crippen LogP contribution < -0.4 is 10.1 Å². The van der Waals surface area contributed by atoms with Crippen LogP contribution in [0.2, 0.25) is 0 Å². The fourth-order valence-corrected chi connectivity index (χ4v) is 2.78. The first-order chi connectivity index (χ1) is 10.0. The molecule has 0 radical (unpaired) electrons. The Labute approximate surface area is 125 Å². The van der Waals surface area contributed by atoms with E-state index in [0.717, 1.165) is 17.4 Å². The second-order valence-corrected chi connectivity index (χ2v) is 5.59. The van der Waals surface area contributed by atoms with Gasteiger partial charge in [-0.25, -0.2) is 4.39 Å². The normalized spacial score (nSPS) is 10.4. The van der Waals surface area contributed by atoms with Gasteiger partial charge in [-0.05, 0) is 18.6 Å². The molecule has 112 valence electrons. The molecular weight excluding hydrogens is 295 g/mol. The third kappa shape index (κ3) is 3.49. The minimum absolute atomic E-state index is 0.0245. The maximum Gasteiger partial charge on any atom is 0.295 e. The Morgan fingerprint density at radius 1 is 1.38 bits per heavy atom. The minimum atomic E-state index is -0.751. The van der Waals surface area contributed by atoms with Crippen LogP contribution in [0.25, 0.3) is 0 Å². The highest BCUT2D eigenvalue weighted by molar-refractivity contribution is 7.12. The lowest BCUT2D eigenvalue weighted by atomic mass is 10.2. The van der Waals surface area contributed by atoms with Crippen LogP contribution in [0.4, 0.5) is 15.8 Å². The maximum atomic E-state index is 13.5. The predicted octanol–water partition coefficient (Wildman–Crippen LogP) is 3.98. The van der Waals surface area contributed by atoms with Gasteiger partial charge in [0.2, 0.25) is 0 Å². The Hall–Kier alpha value is -2.15. The Bertz CT molecular complexity index is 658. The van der Waals surface area contributed by atoms with Gasteiger partial charge in [0.1, 0.15) is 5.69 Å². The molecule has 0 fully saturated rings. The fraction of sp³-hybridized carbons (Fsp3) is 0.286. The van der Waals surface area contributed by atoms with E-state index in [0.29, 0.717) is 6.54 Å². The number of rotatable bonds is 6. The molecule has 1 N–H and O–H groups in total. The summed E-state index contributed by atoms with van der Waals surface area (Å²) in [7, 11) is 1.32. The van der Waals surface area contributed by atoms with Crippen LogP contribution in [0.3, 0.4) is 0 Å². The van der Waals surface area contributed by atoms with Gasteiger partial charge in [0.15, 0.2) is 11.6 Å². The largest absolute Gasteiger partial charge is 0.494 e. The van der Waals surface area contributed by atoms with Crippen molar-refractivity contribution in [2.24, 2.45) is 0 Å². The smallest absolute Gasteiger partial charge is 0.295 e. The van der Waals surface area contributed by atoms with Gasteiger partial charge in [-0.15, -0.1) is 11.3 Å². The first-order valence-electron chi connectivity index (χ1n) is 6.38. The number of nitro benzene ring substituents is 1. The highest BCUT2D eigenvalue weighted by atomic mass is 32.1. The molecule has 0 unspecified atom stereocenters. The molecule has 0 saturated carbocycles. The van der Waals surface area contributed by atoms with Crippen molar-refractivity contribution in [1.29, 1.82) is 0 Å². The van der Waals surface area contributed by atoms with Crippen molar-refractivity contribution in [2.45, 2.75) is 19.9 Å². The van der Waals surface area contributed by atoms with Crippen molar-refractivity contribution < 1.29 is 14.1 Å². The molecule has 21 heavy (non-hydrogen) atoms. The third-order valence-corrected chi connectivity index (χ3v) is 4.22. The van der Waals surface area contributed by atoms with Crippen molar-refractivity contribution >= 4 is 22.7 Å². The Morgan fingerprint density at radius 3 is 2.67 bits per heavy atom. The quantitative estimate of drug-likeness (QED) is 0.647. The van der Waals surface area contributed by atoms with E-state index in [-0.39, 0.29) is 17.1 Å². The van der Waals surface area contributed by atoms with Gasteiger partial charge in [-0.3, -0.25) is 10.1 Å². The minimum Gasteiger partial charge on any atom is -0.494 e. The molecule has 1 aromatic heterocycles. The number of ether oxygens (including phenoxy) is 1. The number of nitrogens with zero attached hydrogens (tertiary/aromatic N) is 1. The van der Waals surface area contributed by atoms with E-state index in [1.54, 1.807) is 11.3 Å². The summed E-state index contributed by atoms with van der Waals surface area (Å²) >= 11 is 1.64. The molecule has 0 spiro atoms. The average molecular weight is 310 g/mol. The summed E-state index contributed by atoms with van der Waals surface area (Å²) in [4.78, 5) is 12.7. The van der Waals surface area contributed by atoms with Crippen molar-refractivity contribution in [1.82, 2.24) is 0 Å². The van der Waals surface area contributed by atoms with Gasteiger partial charge in [0.25, 0.3) is 5.69 Å². The number of methoxy groups -OCH3 is 1. The lowest BCUT2D eigenvalue weighted by Gasteiger charge is -2.09. The standard InChI is InChI=1S/C14H15FN2O3S/c1-3-9-4-5-10(21-9)8-16-12-7-14(20-2)11(15)6-13(12)17(18)19/h4-7,16H,3,8H2,1-2H3. The van der Waals surface area contributed by atoms with Crippen molar-refractivity contribution in [3.05, 3.63) is 50.0 Å².